The molecular formula is C15H25F3N4. The Balaban J connectivity index is 0.00000211. The van der Waals surface area contributed by atoms with Gasteiger partial charge in [0.15, 0.2) is 5.96 Å². The topological polar surface area (TPSA) is 76.4 Å². The molecule has 4 nitrogen and oxygen atoms in total. The standard InChI is InChI=1S/C13H19F3N4.C2H6/c1-9-2-4-10(5-3-9)8-20-11(13(14,15)16)6-7-19-12(17)18;1-2/h2-5,11,20H,6-8H2,1H3,(H4,17,18,19);1-2H3. The number of hydrogen-bond donors (Lipinski definition) is 3. The number of aliphatic imine (C=N–C) groups is 1. The number of rotatable bonds is 6. The van der Waals surface area contributed by atoms with Crippen molar-refractivity contribution in [3.8, 4) is 0 Å². The van der Waals surface area contributed by atoms with Gasteiger partial charge in [0.1, 0.15) is 6.04 Å². The molecule has 0 saturated heterocycles. The van der Waals surface area contributed by atoms with Gasteiger partial charge in [-0.15, -0.1) is 0 Å². The molecule has 0 heterocycles. The highest BCUT2D eigenvalue weighted by molar-refractivity contribution is 5.75. The van der Waals surface area contributed by atoms with Crippen molar-refractivity contribution in [3.05, 3.63) is 35.4 Å². The lowest BCUT2D eigenvalue weighted by Crippen LogP contribution is -2.42. The summed E-state index contributed by atoms with van der Waals surface area (Å²) < 4.78 is 38.5. The van der Waals surface area contributed by atoms with Gasteiger partial charge in [0.25, 0.3) is 0 Å². The van der Waals surface area contributed by atoms with Gasteiger partial charge in [0, 0.05) is 13.1 Å². The van der Waals surface area contributed by atoms with E-state index in [0.29, 0.717) is 0 Å². The zero-order chi connectivity index (χ0) is 17.2. The Hall–Kier alpha value is -1.76. The fraction of sp³-hybridized carbons (Fsp3) is 0.533. The second kappa shape index (κ2) is 10.0. The molecule has 1 unspecified atom stereocenters. The molecule has 1 aromatic carbocycles. The first kappa shape index (κ1) is 20.2. The number of guanidine groups is 1. The quantitative estimate of drug-likeness (QED) is 0.557. The Morgan fingerprint density at radius 2 is 1.73 bits per heavy atom. The summed E-state index contributed by atoms with van der Waals surface area (Å²) >= 11 is 0. The zero-order valence-corrected chi connectivity index (χ0v) is 13.2. The van der Waals surface area contributed by atoms with Crippen LogP contribution in [0, 0.1) is 6.92 Å². The molecule has 0 aliphatic carbocycles. The molecule has 1 rings (SSSR count). The Kier molecular flexibility index (Phi) is 9.24. The molecule has 0 fully saturated rings. The van der Waals surface area contributed by atoms with E-state index in [2.05, 4.69) is 10.3 Å². The van der Waals surface area contributed by atoms with Crippen LogP contribution < -0.4 is 16.8 Å². The van der Waals surface area contributed by atoms with E-state index >= 15 is 0 Å². The summed E-state index contributed by atoms with van der Waals surface area (Å²) in [6.45, 7) is 6.00. The van der Waals surface area contributed by atoms with Crippen molar-refractivity contribution < 1.29 is 13.2 Å². The van der Waals surface area contributed by atoms with Crippen molar-refractivity contribution in [3.63, 3.8) is 0 Å². The summed E-state index contributed by atoms with van der Waals surface area (Å²) in [5.41, 5.74) is 12.0. The highest BCUT2D eigenvalue weighted by atomic mass is 19.4. The van der Waals surface area contributed by atoms with Crippen LogP contribution in [-0.2, 0) is 6.54 Å². The molecule has 22 heavy (non-hydrogen) atoms. The third kappa shape index (κ3) is 8.51. The van der Waals surface area contributed by atoms with Crippen LogP contribution in [-0.4, -0.2) is 24.7 Å². The summed E-state index contributed by atoms with van der Waals surface area (Å²) in [4.78, 5) is 3.58. The minimum absolute atomic E-state index is 0.0621. The lowest BCUT2D eigenvalue weighted by molar-refractivity contribution is -0.157. The highest BCUT2D eigenvalue weighted by Crippen LogP contribution is 2.23. The normalized spacial score (nSPS) is 12.1. The van der Waals surface area contributed by atoms with Gasteiger partial charge in [-0.05, 0) is 18.9 Å². The van der Waals surface area contributed by atoms with Gasteiger partial charge in [-0.25, -0.2) is 0 Å². The fourth-order valence-corrected chi connectivity index (χ4v) is 1.65. The number of nitrogens with zero attached hydrogens (tertiary/aromatic N) is 1. The number of nitrogens with two attached hydrogens (primary N) is 2. The second-order valence-electron chi connectivity index (χ2n) is 4.56. The van der Waals surface area contributed by atoms with E-state index in [9.17, 15) is 13.2 Å². The van der Waals surface area contributed by atoms with Crippen LogP contribution >= 0.6 is 0 Å². The van der Waals surface area contributed by atoms with Crippen LogP contribution in [0.2, 0.25) is 0 Å². The van der Waals surface area contributed by atoms with Crippen molar-refractivity contribution in [2.75, 3.05) is 6.54 Å². The minimum Gasteiger partial charge on any atom is -0.370 e. The predicted molar refractivity (Wildman–Crippen MR) is 84.5 cm³/mol. The average molecular weight is 318 g/mol. The van der Waals surface area contributed by atoms with Crippen molar-refractivity contribution in [2.45, 2.75) is 46.0 Å². The molecule has 0 aliphatic rings. The van der Waals surface area contributed by atoms with Crippen molar-refractivity contribution in [2.24, 2.45) is 16.5 Å². The summed E-state index contributed by atoms with van der Waals surface area (Å²) in [6, 6.07) is 5.68. The van der Waals surface area contributed by atoms with Gasteiger partial charge in [-0.2, -0.15) is 13.2 Å². The predicted octanol–water partition coefficient (Wildman–Crippen LogP) is 2.71. The fourth-order valence-electron chi connectivity index (χ4n) is 1.65. The molecule has 0 amide bonds. The monoisotopic (exact) mass is 318 g/mol. The van der Waals surface area contributed by atoms with Crippen molar-refractivity contribution in [1.82, 2.24) is 5.32 Å². The van der Waals surface area contributed by atoms with E-state index < -0.39 is 12.2 Å². The van der Waals surface area contributed by atoms with Crippen LogP contribution in [0.4, 0.5) is 13.2 Å². The molecule has 0 aliphatic heterocycles. The summed E-state index contributed by atoms with van der Waals surface area (Å²) in [6.07, 6.45) is -4.53. The molecule has 126 valence electrons. The molecule has 1 atom stereocenters. The number of hydrogen-bond acceptors (Lipinski definition) is 2. The molecule has 0 bridgehead atoms. The van der Waals surface area contributed by atoms with E-state index in [1.807, 2.05) is 32.9 Å². The number of benzene rings is 1. The lowest BCUT2D eigenvalue weighted by atomic mass is 10.1. The van der Waals surface area contributed by atoms with Gasteiger partial charge in [-0.3, -0.25) is 4.99 Å². The van der Waals surface area contributed by atoms with Crippen molar-refractivity contribution >= 4 is 5.96 Å². The van der Waals surface area contributed by atoms with Crippen molar-refractivity contribution in [1.29, 1.82) is 0 Å². The largest absolute Gasteiger partial charge is 0.403 e. The van der Waals surface area contributed by atoms with Crippen LogP contribution in [0.25, 0.3) is 0 Å². The maximum absolute atomic E-state index is 12.8. The molecule has 0 radical (unpaired) electrons. The average Bonchev–Trinajstić information content (AvgIpc) is 2.45. The number of nitrogens with one attached hydrogen (secondary N) is 1. The van der Waals surface area contributed by atoms with Gasteiger partial charge in [0.2, 0.25) is 0 Å². The van der Waals surface area contributed by atoms with Crippen LogP contribution in [0.3, 0.4) is 0 Å². The van der Waals surface area contributed by atoms with E-state index in [4.69, 9.17) is 11.5 Å². The van der Waals surface area contributed by atoms with Crippen LogP contribution in [0.5, 0.6) is 0 Å². The van der Waals surface area contributed by atoms with Crippen LogP contribution in [0.15, 0.2) is 29.3 Å². The van der Waals surface area contributed by atoms with E-state index in [1.54, 1.807) is 12.1 Å². The molecule has 7 heteroatoms. The zero-order valence-electron chi connectivity index (χ0n) is 13.2. The van der Waals surface area contributed by atoms with Gasteiger partial charge in [-0.1, -0.05) is 43.7 Å². The number of alkyl halides is 3. The smallest absolute Gasteiger partial charge is 0.370 e. The van der Waals surface area contributed by atoms with Gasteiger partial charge < -0.3 is 16.8 Å². The minimum atomic E-state index is -4.33. The third-order valence-electron chi connectivity index (χ3n) is 2.78. The maximum atomic E-state index is 12.8. The third-order valence-corrected chi connectivity index (χ3v) is 2.78. The van der Waals surface area contributed by atoms with Crippen LogP contribution in [0.1, 0.15) is 31.4 Å². The molecule has 0 aromatic heterocycles. The SMILES string of the molecule is CC.Cc1ccc(CNC(CCN=C(N)N)C(F)(F)F)cc1. The Morgan fingerprint density at radius 3 is 2.18 bits per heavy atom. The van der Waals surface area contributed by atoms with E-state index in [1.165, 1.54) is 0 Å². The molecule has 0 spiro atoms. The first-order valence-corrected chi connectivity index (χ1v) is 7.20. The van der Waals surface area contributed by atoms with E-state index in [-0.39, 0.29) is 25.5 Å². The summed E-state index contributed by atoms with van der Waals surface area (Å²) in [5.74, 6) is -0.204. The van der Waals surface area contributed by atoms with Gasteiger partial charge >= 0.3 is 6.18 Å². The molecule has 5 N–H and O–H groups in total. The molecule has 0 saturated carbocycles. The Morgan fingerprint density at radius 1 is 1.18 bits per heavy atom. The molecular weight excluding hydrogens is 293 g/mol. The van der Waals surface area contributed by atoms with Gasteiger partial charge in [0.05, 0.1) is 0 Å². The number of halogens is 3. The first-order valence-electron chi connectivity index (χ1n) is 7.20. The number of aryl methyl sites for hydroxylation is 1. The molecule has 1 aromatic rings. The Bertz CT molecular complexity index is 437. The maximum Gasteiger partial charge on any atom is 0.403 e. The highest BCUT2D eigenvalue weighted by Gasteiger charge is 2.38. The Labute approximate surface area is 129 Å². The summed E-state index contributed by atoms with van der Waals surface area (Å²) in [7, 11) is 0. The lowest BCUT2D eigenvalue weighted by Gasteiger charge is -2.21. The van der Waals surface area contributed by atoms with E-state index in [0.717, 1.165) is 11.1 Å². The summed E-state index contributed by atoms with van der Waals surface area (Å²) in [5, 5.41) is 2.49. The second-order valence-corrected chi connectivity index (χ2v) is 4.56. The first-order chi connectivity index (χ1) is 10.3.